The number of fused-ring (bicyclic) bond motifs is 12. The third-order valence-corrected chi connectivity index (χ3v) is 7.69. The topological polar surface area (TPSA) is 0 Å². The molecule has 0 saturated heterocycles. The molecule has 0 amide bonds. The number of benzene rings is 5. The fourth-order valence-electron chi connectivity index (χ4n) is 6.44. The molecular weight excluding hydrogens is 396 g/mol. The summed E-state index contributed by atoms with van der Waals surface area (Å²) in [5, 5.41) is 0. The summed E-state index contributed by atoms with van der Waals surface area (Å²) in [6.45, 7) is 4.45. The lowest BCUT2D eigenvalue weighted by atomic mass is 9.65. The highest BCUT2D eigenvalue weighted by Crippen LogP contribution is 2.61. The third-order valence-electron chi connectivity index (χ3n) is 7.69. The van der Waals surface area contributed by atoms with Crippen LogP contribution >= 0.6 is 0 Å². The minimum Gasteiger partial charge on any atom is -0.0619 e. The fourth-order valence-corrected chi connectivity index (χ4v) is 6.44. The monoisotopic (exact) mass is 420 g/mol. The third kappa shape index (κ3) is 2.26. The molecule has 2 aliphatic rings. The van der Waals surface area contributed by atoms with Gasteiger partial charge < -0.3 is 0 Å². The van der Waals surface area contributed by atoms with E-state index in [1.165, 1.54) is 66.8 Å². The maximum Gasteiger partial charge on any atom is 0.0725 e. The van der Waals surface area contributed by atoms with Gasteiger partial charge in [-0.2, -0.15) is 0 Å². The Balaban J connectivity index is 1.79. The first-order valence-corrected chi connectivity index (χ1v) is 11.7. The molecule has 0 nitrogen and oxygen atoms in total. The summed E-state index contributed by atoms with van der Waals surface area (Å²) in [7, 11) is 0. The lowest BCUT2D eigenvalue weighted by Crippen LogP contribution is -2.29. The molecule has 7 rings (SSSR count). The van der Waals surface area contributed by atoms with Crippen LogP contribution in [0.4, 0.5) is 0 Å². The molecule has 2 aliphatic carbocycles. The Hall–Kier alpha value is -3.90. The Bertz CT molecular complexity index is 1590. The van der Waals surface area contributed by atoms with Crippen molar-refractivity contribution in [2.45, 2.75) is 19.3 Å². The quantitative estimate of drug-likeness (QED) is 0.231. The van der Waals surface area contributed by atoms with Crippen molar-refractivity contribution in [3.05, 3.63) is 143 Å². The van der Waals surface area contributed by atoms with E-state index >= 15 is 0 Å². The van der Waals surface area contributed by atoms with E-state index in [-0.39, 0.29) is 5.41 Å². The minimum absolute atomic E-state index is 0.351. The van der Waals surface area contributed by atoms with Crippen LogP contribution in [0.1, 0.15) is 33.4 Å². The highest BCUT2D eigenvalue weighted by Gasteiger charge is 2.49. The van der Waals surface area contributed by atoms with Crippen LogP contribution < -0.4 is 0 Å². The second-order valence-corrected chi connectivity index (χ2v) is 9.43. The smallest absolute Gasteiger partial charge is 0.0619 e. The normalized spacial score (nSPS) is 16.9. The number of hydrogen-bond donors (Lipinski definition) is 0. The Morgan fingerprint density at radius 3 is 1.73 bits per heavy atom. The van der Waals surface area contributed by atoms with E-state index in [2.05, 4.69) is 123 Å². The van der Waals surface area contributed by atoms with E-state index in [0.29, 0.717) is 0 Å². The molecule has 1 spiro atoms. The summed E-state index contributed by atoms with van der Waals surface area (Å²) in [6, 6.07) is 40.9. The van der Waals surface area contributed by atoms with Crippen LogP contribution in [0, 0.1) is 13.8 Å². The van der Waals surface area contributed by atoms with Gasteiger partial charge in [-0.25, -0.2) is 0 Å². The van der Waals surface area contributed by atoms with Crippen molar-refractivity contribution in [2.24, 2.45) is 0 Å². The first-order chi connectivity index (χ1) is 16.2. The van der Waals surface area contributed by atoms with Gasteiger partial charge in [0.25, 0.3) is 0 Å². The summed E-state index contributed by atoms with van der Waals surface area (Å²) in [4.78, 5) is 0. The van der Waals surface area contributed by atoms with Crippen LogP contribution in [0.5, 0.6) is 0 Å². The van der Waals surface area contributed by atoms with Crippen molar-refractivity contribution >= 4 is 0 Å². The number of rotatable bonds is 0. The van der Waals surface area contributed by atoms with Gasteiger partial charge in [0, 0.05) is 0 Å². The van der Waals surface area contributed by atoms with Crippen molar-refractivity contribution < 1.29 is 0 Å². The first-order valence-electron chi connectivity index (χ1n) is 11.7. The predicted octanol–water partition coefficient (Wildman–Crippen LogP) is 8.31. The first kappa shape index (κ1) is 18.7. The SMILES string of the molecule is Cc1ccc2c(c1)-c1ccccc1-c1ccccc1C21c2ccccc2-c2c(C)cccc21. The second-order valence-electron chi connectivity index (χ2n) is 9.43. The van der Waals surface area contributed by atoms with Gasteiger partial charge >= 0.3 is 0 Å². The van der Waals surface area contributed by atoms with Crippen LogP contribution in [0.15, 0.2) is 109 Å². The van der Waals surface area contributed by atoms with E-state index in [1.807, 2.05) is 0 Å². The molecular formula is C33H24. The zero-order valence-corrected chi connectivity index (χ0v) is 18.9. The van der Waals surface area contributed by atoms with Crippen LogP contribution in [-0.2, 0) is 5.41 Å². The van der Waals surface area contributed by atoms with Gasteiger partial charge in [-0.15, -0.1) is 0 Å². The van der Waals surface area contributed by atoms with Crippen molar-refractivity contribution in [3.63, 3.8) is 0 Å². The Labute approximate surface area is 195 Å². The zero-order chi connectivity index (χ0) is 22.2. The molecule has 0 aromatic heterocycles. The van der Waals surface area contributed by atoms with Crippen LogP contribution in [0.3, 0.4) is 0 Å². The van der Waals surface area contributed by atoms with E-state index in [4.69, 9.17) is 0 Å². The molecule has 156 valence electrons. The molecule has 0 heteroatoms. The standard InChI is InChI=1S/C33H24/c1-21-18-19-30-27(20-21)24-12-4-3-11-23(24)25-13-5-7-15-28(25)33(30)29-16-8-6-14-26(29)32-22(2)10-9-17-31(32)33/h3-20H,1-2H3. The van der Waals surface area contributed by atoms with E-state index in [9.17, 15) is 0 Å². The predicted molar refractivity (Wildman–Crippen MR) is 138 cm³/mol. The summed E-state index contributed by atoms with van der Waals surface area (Å²) in [5.74, 6) is 0. The molecule has 5 aromatic rings. The molecule has 1 atom stereocenters. The highest BCUT2D eigenvalue weighted by atomic mass is 14.5. The second kappa shape index (κ2) is 6.56. The fraction of sp³-hybridized carbons (Fsp3) is 0.0909. The molecule has 0 aliphatic heterocycles. The maximum absolute atomic E-state index is 2.39. The lowest BCUT2D eigenvalue weighted by Gasteiger charge is -2.35. The van der Waals surface area contributed by atoms with Gasteiger partial charge in [0.1, 0.15) is 0 Å². The van der Waals surface area contributed by atoms with Gasteiger partial charge in [-0.1, -0.05) is 115 Å². The summed E-state index contributed by atoms with van der Waals surface area (Å²) >= 11 is 0. The maximum atomic E-state index is 2.39. The van der Waals surface area contributed by atoms with Crippen molar-refractivity contribution in [1.82, 2.24) is 0 Å². The van der Waals surface area contributed by atoms with Gasteiger partial charge in [-0.05, 0) is 75.0 Å². The van der Waals surface area contributed by atoms with Gasteiger partial charge in [0.05, 0.1) is 5.41 Å². The summed E-state index contributed by atoms with van der Waals surface area (Å²) in [6.07, 6.45) is 0. The Kier molecular flexibility index (Phi) is 3.71. The van der Waals surface area contributed by atoms with Crippen LogP contribution in [0.25, 0.3) is 33.4 Å². The summed E-state index contributed by atoms with van der Waals surface area (Å²) < 4.78 is 0. The number of hydrogen-bond acceptors (Lipinski definition) is 0. The van der Waals surface area contributed by atoms with Crippen molar-refractivity contribution in [1.29, 1.82) is 0 Å². The lowest BCUT2D eigenvalue weighted by molar-refractivity contribution is 0.774. The largest absolute Gasteiger partial charge is 0.0725 e. The Morgan fingerprint density at radius 1 is 0.424 bits per heavy atom. The van der Waals surface area contributed by atoms with Crippen molar-refractivity contribution in [2.75, 3.05) is 0 Å². The van der Waals surface area contributed by atoms with E-state index in [1.54, 1.807) is 0 Å². The van der Waals surface area contributed by atoms with Gasteiger partial charge in [0.15, 0.2) is 0 Å². The molecule has 0 saturated carbocycles. The van der Waals surface area contributed by atoms with E-state index in [0.717, 1.165) is 0 Å². The minimum atomic E-state index is -0.351. The number of aryl methyl sites for hydroxylation is 2. The molecule has 0 heterocycles. The average molecular weight is 421 g/mol. The summed E-state index contributed by atoms with van der Waals surface area (Å²) in [5.41, 5.74) is 15.9. The zero-order valence-electron chi connectivity index (χ0n) is 18.9. The molecule has 0 bridgehead atoms. The average Bonchev–Trinajstić information content (AvgIpc) is 3.10. The van der Waals surface area contributed by atoms with E-state index < -0.39 is 0 Å². The van der Waals surface area contributed by atoms with Gasteiger partial charge in [0.2, 0.25) is 0 Å². The molecule has 0 radical (unpaired) electrons. The molecule has 0 N–H and O–H groups in total. The van der Waals surface area contributed by atoms with Gasteiger partial charge in [-0.3, -0.25) is 0 Å². The van der Waals surface area contributed by atoms with Crippen LogP contribution in [-0.4, -0.2) is 0 Å². The highest BCUT2D eigenvalue weighted by molar-refractivity contribution is 5.97. The molecule has 33 heavy (non-hydrogen) atoms. The van der Waals surface area contributed by atoms with Crippen LogP contribution in [0.2, 0.25) is 0 Å². The molecule has 0 fully saturated rings. The Morgan fingerprint density at radius 2 is 0.970 bits per heavy atom. The molecule has 5 aromatic carbocycles. The van der Waals surface area contributed by atoms with Crippen molar-refractivity contribution in [3.8, 4) is 33.4 Å². The molecule has 1 unspecified atom stereocenters.